The maximum absolute atomic E-state index is 11.7. The summed E-state index contributed by atoms with van der Waals surface area (Å²) in [5, 5.41) is 12.5. The Morgan fingerprint density at radius 2 is 1.75 bits per heavy atom. The number of phenolic OH excluding ortho intramolecular Hbond substituents is 1. The van der Waals surface area contributed by atoms with Crippen molar-refractivity contribution in [1.29, 1.82) is 0 Å². The molecular weight excluding hydrogens is 278 g/mol. The van der Waals surface area contributed by atoms with Gasteiger partial charge >= 0.3 is 0 Å². The van der Waals surface area contributed by atoms with Gasteiger partial charge in [-0.1, -0.05) is 11.6 Å². The van der Waals surface area contributed by atoms with Crippen molar-refractivity contribution < 1.29 is 14.6 Å². The van der Waals surface area contributed by atoms with E-state index in [4.69, 9.17) is 21.4 Å². The lowest BCUT2D eigenvalue weighted by atomic mass is 10.3. The number of phenols is 1. The zero-order chi connectivity index (χ0) is 14.4. The third-order valence-electron chi connectivity index (χ3n) is 2.56. The fraction of sp³-hybridized carbons (Fsp3) is 0.133. The molecule has 2 aromatic rings. The number of hydrogen-bond acceptors (Lipinski definition) is 3. The smallest absolute Gasteiger partial charge is 0.227 e. The summed E-state index contributed by atoms with van der Waals surface area (Å²) in [4.78, 5) is 11.7. The third-order valence-corrected chi connectivity index (χ3v) is 2.81. The van der Waals surface area contributed by atoms with Crippen molar-refractivity contribution >= 4 is 23.2 Å². The summed E-state index contributed by atoms with van der Waals surface area (Å²) in [5.74, 6) is 0.686. The van der Waals surface area contributed by atoms with Crippen LogP contribution in [-0.4, -0.2) is 17.6 Å². The van der Waals surface area contributed by atoms with Crippen molar-refractivity contribution in [2.24, 2.45) is 0 Å². The van der Waals surface area contributed by atoms with Crippen LogP contribution in [0, 0.1) is 0 Å². The van der Waals surface area contributed by atoms with E-state index in [1.807, 2.05) is 0 Å². The van der Waals surface area contributed by atoms with Gasteiger partial charge in [0.25, 0.3) is 0 Å². The van der Waals surface area contributed by atoms with Gasteiger partial charge in [0, 0.05) is 10.7 Å². The molecule has 0 saturated heterocycles. The Bertz CT molecular complexity index is 567. The van der Waals surface area contributed by atoms with Crippen LogP contribution in [0.3, 0.4) is 0 Å². The minimum atomic E-state index is -0.148. The Labute approximate surface area is 122 Å². The highest BCUT2D eigenvalue weighted by atomic mass is 35.5. The van der Waals surface area contributed by atoms with Crippen LogP contribution in [0.15, 0.2) is 48.5 Å². The second kappa shape index (κ2) is 6.82. The van der Waals surface area contributed by atoms with Crippen molar-refractivity contribution in [1.82, 2.24) is 0 Å². The number of aromatic hydroxyl groups is 1. The van der Waals surface area contributed by atoms with E-state index in [0.717, 1.165) is 0 Å². The molecule has 0 radical (unpaired) electrons. The number of anilines is 1. The Kier molecular flexibility index (Phi) is 4.85. The molecule has 0 aliphatic carbocycles. The molecule has 1 amide bonds. The van der Waals surface area contributed by atoms with Crippen molar-refractivity contribution in [2.45, 2.75) is 6.42 Å². The topological polar surface area (TPSA) is 58.6 Å². The standard InChI is InChI=1S/C15H14ClNO3/c16-11-1-7-14(8-2-11)20-10-9-15(19)17-12-3-5-13(18)6-4-12/h1-8,18H,9-10H2,(H,17,19). The minimum Gasteiger partial charge on any atom is -0.508 e. The second-order valence-electron chi connectivity index (χ2n) is 4.15. The van der Waals surface area contributed by atoms with Crippen LogP contribution in [0.25, 0.3) is 0 Å². The Morgan fingerprint density at radius 1 is 1.10 bits per heavy atom. The average Bonchev–Trinajstić information content (AvgIpc) is 2.44. The minimum absolute atomic E-state index is 0.148. The molecule has 0 aliphatic rings. The number of rotatable bonds is 5. The van der Waals surface area contributed by atoms with Crippen LogP contribution in [0.4, 0.5) is 5.69 Å². The number of amides is 1. The molecule has 2 N–H and O–H groups in total. The first-order valence-electron chi connectivity index (χ1n) is 6.11. The van der Waals surface area contributed by atoms with Gasteiger partial charge < -0.3 is 15.2 Å². The number of hydrogen-bond donors (Lipinski definition) is 2. The molecule has 0 unspecified atom stereocenters. The summed E-state index contributed by atoms with van der Waals surface area (Å²) >= 11 is 5.76. The van der Waals surface area contributed by atoms with Crippen LogP contribution >= 0.6 is 11.6 Å². The number of nitrogens with one attached hydrogen (secondary N) is 1. The van der Waals surface area contributed by atoms with E-state index in [-0.39, 0.29) is 24.7 Å². The first-order valence-corrected chi connectivity index (χ1v) is 6.48. The molecular formula is C15H14ClNO3. The predicted molar refractivity (Wildman–Crippen MR) is 78.3 cm³/mol. The average molecular weight is 292 g/mol. The van der Waals surface area contributed by atoms with Crippen molar-refractivity contribution in [3.05, 3.63) is 53.6 Å². The van der Waals surface area contributed by atoms with E-state index in [9.17, 15) is 4.79 Å². The van der Waals surface area contributed by atoms with Crippen LogP contribution in [0.2, 0.25) is 5.02 Å². The maximum atomic E-state index is 11.7. The van der Waals surface area contributed by atoms with E-state index < -0.39 is 0 Å². The number of halogens is 1. The fourth-order valence-corrected chi connectivity index (χ4v) is 1.69. The number of carbonyl (C=O) groups is 1. The third kappa shape index (κ3) is 4.48. The molecule has 0 saturated carbocycles. The maximum Gasteiger partial charge on any atom is 0.227 e. The van der Waals surface area contributed by atoms with E-state index >= 15 is 0 Å². The van der Waals surface area contributed by atoms with E-state index in [1.165, 1.54) is 12.1 Å². The summed E-state index contributed by atoms with van der Waals surface area (Å²) < 4.78 is 5.43. The largest absolute Gasteiger partial charge is 0.508 e. The van der Waals surface area contributed by atoms with Crippen LogP contribution < -0.4 is 10.1 Å². The van der Waals surface area contributed by atoms with Gasteiger partial charge in [-0.2, -0.15) is 0 Å². The lowest BCUT2D eigenvalue weighted by Gasteiger charge is -2.07. The molecule has 2 aromatic carbocycles. The number of ether oxygens (including phenoxy) is 1. The molecule has 104 valence electrons. The first-order chi connectivity index (χ1) is 9.63. The number of benzene rings is 2. The summed E-state index contributed by atoms with van der Waals surface area (Å²) in [6.45, 7) is 0.283. The van der Waals surface area contributed by atoms with E-state index in [0.29, 0.717) is 16.5 Å². The predicted octanol–water partition coefficient (Wildman–Crippen LogP) is 3.45. The highest BCUT2D eigenvalue weighted by molar-refractivity contribution is 6.30. The monoisotopic (exact) mass is 291 g/mol. The van der Waals surface area contributed by atoms with Gasteiger partial charge in [0.05, 0.1) is 13.0 Å². The van der Waals surface area contributed by atoms with Crippen molar-refractivity contribution in [3.63, 3.8) is 0 Å². The van der Waals surface area contributed by atoms with Crippen LogP contribution in [0.1, 0.15) is 6.42 Å². The van der Waals surface area contributed by atoms with Gasteiger partial charge in [-0.15, -0.1) is 0 Å². The molecule has 0 fully saturated rings. The summed E-state index contributed by atoms with van der Waals surface area (Å²) in [6, 6.07) is 13.3. The van der Waals surface area contributed by atoms with Crippen molar-refractivity contribution in [3.8, 4) is 11.5 Å². The molecule has 2 rings (SSSR count). The van der Waals surface area contributed by atoms with E-state index in [2.05, 4.69) is 5.32 Å². The normalized spacial score (nSPS) is 10.1. The molecule has 0 spiro atoms. The lowest BCUT2D eigenvalue weighted by Crippen LogP contribution is -2.15. The summed E-state index contributed by atoms with van der Waals surface area (Å²) in [6.07, 6.45) is 0.240. The van der Waals surface area contributed by atoms with Crippen LogP contribution in [-0.2, 0) is 4.79 Å². The van der Waals surface area contributed by atoms with Crippen LogP contribution in [0.5, 0.6) is 11.5 Å². The highest BCUT2D eigenvalue weighted by Gasteiger charge is 2.03. The fourth-order valence-electron chi connectivity index (χ4n) is 1.56. The zero-order valence-corrected chi connectivity index (χ0v) is 11.4. The molecule has 20 heavy (non-hydrogen) atoms. The van der Waals surface area contributed by atoms with Gasteiger partial charge in [0.15, 0.2) is 0 Å². The van der Waals surface area contributed by atoms with E-state index in [1.54, 1.807) is 36.4 Å². The SMILES string of the molecule is O=C(CCOc1ccc(Cl)cc1)Nc1ccc(O)cc1. The van der Waals surface area contributed by atoms with Gasteiger partial charge in [-0.05, 0) is 48.5 Å². The summed E-state index contributed by atoms with van der Waals surface area (Å²) in [7, 11) is 0. The Morgan fingerprint density at radius 3 is 2.40 bits per heavy atom. The zero-order valence-electron chi connectivity index (χ0n) is 10.7. The molecule has 0 bridgehead atoms. The van der Waals surface area contributed by atoms with Gasteiger partial charge in [0.1, 0.15) is 11.5 Å². The number of carbonyl (C=O) groups excluding carboxylic acids is 1. The highest BCUT2D eigenvalue weighted by Crippen LogP contribution is 2.16. The lowest BCUT2D eigenvalue weighted by molar-refractivity contribution is -0.116. The molecule has 0 aromatic heterocycles. The molecule has 0 heterocycles. The molecule has 0 atom stereocenters. The van der Waals surface area contributed by atoms with Gasteiger partial charge in [-0.25, -0.2) is 0 Å². The van der Waals surface area contributed by atoms with Gasteiger partial charge in [-0.3, -0.25) is 4.79 Å². The molecule has 0 aliphatic heterocycles. The Balaban J connectivity index is 1.75. The second-order valence-corrected chi connectivity index (χ2v) is 4.58. The quantitative estimate of drug-likeness (QED) is 0.830. The molecule has 5 heteroatoms. The summed E-state index contributed by atoms with van der Waals surface area (Å²) in [5.41, 5.74) is 0.638. The first kappa shape index (κ1) is 14.2. The molecule has 4 nitrogen and oxygen atoms in total. The van der Waals surface area contributed by atoms with Gasteiger partial charge in [0.2, 0.25) is 5.91 Å². The van der Waals surface area contributed by atoms with Crippen molar-refractivity contribution in [2.75, 3.05) is 11.9 Å². The Hall–Kier alpha value is -2.20.